The normalized spacial score (nSPS) is 25.2. The van der Waals surface area contributed by atoms with Crippen LogP contribution in [0.4, 0.5) is 0 Å². The molecule has 3 rings (SSSR count). The molecule has 0 spiro atoms. The van der Waals surface area contributed by atoms with E-state index in [4.69, 9.17) is 11.6 Å². The fourth-order valence-electron chi connectivity index (χ4n) is 3.43. The number of hydrogen-bond acceptors (Lipinski definition) is 3. The van der Waals surface area contributed by atoms with E-state index in [1.54, 1.807) is 0 Å². The van der Waals surface area contributed by atoms with Gasteiger partial charge >= 0.3 is 0 Å². The SMILES string of the molecule is CC(=O)N1CCCC(O)(C(=O)NCC2(c3ccc(Cl)cc3)CC2)C1. The Balaban J connectivity index is 1.63. The summed E-state index contributed by atoms with van der Waals surface area (Å²) in [5, 5.41) is 14.3. The van der Waals surface area contributed by atoms with E-state index in [1.807, 2.05) is 24.3 Å². The van der Waals surface area contributed by atoms with Crippen molar-refractivity contribution in [3.8, 4) is 0 Å². The van der Waals surface area contributed by atoms with Crippen LogP contribution >= 0.6 is 11.6 Å². The minimum absolute atomic E-state index is 0.0501. The Bertz CT molecular complexity index is 642. The van der Waals surface area contributed by atoms with Crippen LogP contribution in [0.15, 0.2) is 24.3 Å². The second-order valence-electron chi connectivity index (χ2n) is 7.05. The van der Waals surface area contributed by atoms with Crippen LogP contribution in [0.1, 0.15) is 38.2 Å². The first kappa shape index (κ1) is 17.2. The van der Waals surface area contributed by atoms with E-state index in [9.17, 15) is 14.7 Å². The van der Waals surface area contributed by atoms with Gasteiger partial charge in [-0.25, -0.2) is 0 Å². The van der Waals surface area contributed by atoms with Crippen molar-refractivity contribution in [2.75, 3.05) is 19.6 Å². The second-order valence-corrected chi connectivity index (χ2v) is 7.48. The summed E-state index contributed by atoms with van der Waals surface area (Å²) < 4.78 is 0. The summed E-state index contributed by atoms with van der Waals surface area (Å²) in [6, 6.07) is 7.71. The zero-order valence-electron chi connectivity index (χ0n) is 13.8. The summed E-state index contributed by atoms with van der Waals surface area (Å²) in [5.74, 6) is -0.491. The van der Waals surface area contributed by atoms with E-state index in [2.05, 4.69) is 5.32 Å². The average molecular weight is 351 g/mol. The van der Waals surface area contributed by atoms with Gasteiger partial charge in [0.15, 0.2) is 5.60 Å². The molecule has 1 atom stereocenters. The molecule has 1 saturated carbocycles. The van der Waals surface area contributed by atoms with E-state index in [1.165, 1.54) is 11.8 Å². The molecule has 1 saturated heterocycles. The maximum absolute atomic E-state index is 12.5. The number of β-amino-alcohol motifs (C(OH)–C–C–N with tert-alkyl or cyclic N) is 1. The number of carbonyl (C=O) groups excluding carboxylic acids is 2. The highest BCUT2D eigenvalue weighted by Crippen LogP contribution is 2.47. The number of amides is 2. The van der Waals surface area contributed by atoms with E-state index < -0.39 is 5.60 Å². The standard InChI is InChI=1S/C18H23ClN2O3/c1-13(22)21-10-2-7-18(24,12-21)16(23)20-11-17(8-9-17)14-3-5-15(19)6-4-14/h3-6,24H,2,7-12H2,1H3,(H,20,23). The first-order valence-corrected chi connectivity index (χ1v) is 8.75. The third-order valence-electron chi connectivity index (χ3n) is 5.24. The molecule has 0 bridgehead atoms. The Morgan fingerprint density at radius 2 is 1.92 bits per heavy atom. The quantitative estimate of drug-likeness (QED) is 0.870. The van der Waals surface area contributed by atoms with Crippen LogP contribution in [0.2, 0.25) is 5.02 Å². The predicted molar refractivity (Wildman–Crippen MR) is 91.8 cm³/mol. The Kier molecular flexibility index (Phi) is 4.58. The molecule has 1 unspecified atom stereocenters. The van der Waals surface area contributed by atoms with Gasteiger partial charge in [0.1, 0.15) is 0 Å². The number of likely N-dealkylation sites (tertiary alicyclic amines) is 1. The maximum atomic E-state index is 12.5. The van der Waals surface area contributed by atoms with Crippen LogP contribution in [0.5, 0.6) is 0 Å². The minimum Gasteiger partial charge on any atom is -0.378 e. The van der Waals surface area contributed by atoms with E-state index in [0.717, 1.165) is 18.4 Å². The number of piperidine rings is 1. The third kappa shape index (κ3) is 3.42. The third-order valence-corrected chi connectivity index (χ3v) is 5.49. The van der Waals surface area contributed by atoms with Gasteiger partial charge in [-0.3, -0.25) is 9.59 Å². The molecule has 24 heavy (non-hydrogen) atoms. The molecular formula is C18H23ClN2O3. The highest BCUT2D eigenvalue weighted by Gasteiger charge is 2.46. The lowest BCUT2D eigenvalue weighted by atomic mass is 9.90. The van der Waals surface area contributed by atoms with Gasteiger partial charge in [0.2, 0.25) is 5.91 Å². The van der Waals surface area contributed by atoms with Crippen LogP contribution < -0.4 is 5.32 Å². The van der Waals surface area contributed by atoms with Crippen molar-refractivity contribution in [3.63, 3.8) is 0 Å². The molecule has 1 aromatic carbocycles. The molecule has 130 valence electrons. The number of nitrogens with zero attached hydrogens (tertiary/aromatic N) is 1. The highest BCUT2D eigenvalue weighted by molar-refractivity contribution is 6.30. The number of hydrogen-bond donors (Lipinski definition) is 2. The van der Waals surface area contributed by atoms with Crippen molar-refractivity contribution in [3.05, 3.63) is 34.9 Å². The number of benzene rings is 1. The van der Waals surface area contributed by atoms with Crippen LogP contribution in [-0.4, -0.2) is 47.1 Å². The molecule has 6 heteroatoms. The molecular weight excluding hydrogens is 328 g/mol. The molecule has 1 aliphatic carbocycles. The molecule has 1 aliphatic heterocycles. The van der Waals surface area contributed by atoms with Crippen molar-refractivity contribution in [1.29, 1.82) is 0 Å². The molecule has 5 nitrogen and oxygen atoms in total. The van der Waals surface area contributed by atoms with Gasteiger partial charge in [0.25, 0.3) is 5.91 Å². The van der Waals surface area contributed by atoms with Crippen LogP contribution in [0.3, 0.4) is 0 Å². The Morgan fingerprint density at radius 1 is 1.25 bits per heavy atom. The zero-order chi connectivity index (χ0) is 17.4. The number of rotatable bonds is 4. The monoisotopic (exact) mass is 350 g/mol. The lowest BCUT2D eigenvalue weighted by Gasteiger charge is -2.37. The molecule has 0 aromatic heterocycles. The zero-order valence-corrected chi connectivity index (χ0v) is 14.6. The molecule has 2 aliphatic rings. The topological polar surface area (TPSA) is 69.6 Å². The lowest BCUT2D eigenvalue weighted by Crippen LogP contribution is -2.58. The van der Waals surface area contributed by atoms with Crippen molar-refractivity contribution in [2.45, 2.75) is 43.6 Å². The van der Waals surface area contributed by atoms with Gasteiger partial charge in [0, 0.05) is 30.5 Å². The van der Waals surface area contributed by atoms with Gasteiger partial charge in [-0.05, 0) is 43.4 Å². The van der Waals surface area contributed by atoms with Crippen molar-refractivity contribution >= 4 is 23.4 Å². The van der Waals surface area contributed by atoms with Crippen LogP contribution in [0.25, 0.3) is 0 Å². The van der Waals surface area contributed by atoms with E-state index in [-0.39, 0.29) is 23.8 Å². The smallest absolute Gasteiger partial charge is 0.253 e. The maximum Gasteiger partial charge on any atom is 0.253 e. The molecule has 2 amide bonds. The fraction of sp³-hybridized carbons (Fsp3) is 0.556. The van der Waals surface area contributed by atoms with Gasteiger partial charge in [-0.2, -0.15) is 0 Å². The summed E-state index contributed by atoms with van der Waals surface area (Å²) in [6.07, 6.45) is 3.03. The van der Waals surface area contributed by atoms with Crippen molar-refractivity contribution in [1.82, 2.24) is 10.2 Å². The number of aliphatic hydroxyl groups is 1. The second kappa shape index (κ2) is 6.37. The van der Waals surface area contributed by atoms with Crippen LogP contribution in [-0.2, 0) is 15.0 Å². The van der Waals surface area contributed by atoms with Crippen molar-refractivity contribution in [2.24, 2.45) is 0 Å². The fourth-order valence-corrected chi connectivity index (χ4v) is 3.55. The predicted octanol–water partition coefficient (Wildman–Crippen LogP) is 1.86. The number of carbonyl (C=O) groups is 2. The molecule has 1 aromatic rings. The highest BCUT2D eigenvalue weighted by atomic mass is 35.5. The molecule has 0 radical (unpaired) electrons. The first-order valence-electron chi connectivity index (χ1n) is 8.37. The summed E-state index contributed by atoms with van der Waals surface area (Å²) in [4.78, 5) is 25.6. The number of halogens is 1. The van der Waals surface area contributed by atoms with E-state index >= 15 is 0 Å². The van der Waals surface area contributed by atoms with Gasteiger partial charge < -0.3 is 15.3 Å². The summed E-state index contributed by atoms with van der Waals surface area (Å²) in [5.41, 5.74) is -0.376. The molecule has 2 fully saturated rings. The molecule has 1 heterocycles. The summed E-state index contributed by atoms with van der Waals surface area (Å²) in [7, 11) is 0. The minimum atomic E-state index is -1.49. The first-order chi connectivity index (χ1) is 11.3. The molecule has 2 N–H and O–H groups in total. The lowest BCUT2D eigenvalue weighted by molar-refractivity contribution is -0.150. The van der Waals surface area contributed by atoms with Gasteiger partial charge in [-0.1, -0.05) is 23.7 Å². The van der Waals surface area contributed by atoms with Crippen LogP contribution in [0, 0.1) is 0 Å². The largest absolute Gasteiger partial charge is 0.378 e. The summed E-state index contributed by atoms with van der Waals surface area (Å²) >= 11 is 5.93. The Hall–Kier alpha value is -1.59. The van der Waals surface area contributed by atoms with Gasteiger partial charge in [0.05, 0.1) is 6.54 Å². The van der Waals surface area contributed by atoms with Crippen molar-refractivity contribution < 1.29 is 14.7 Å². The van der Waals surface area contributed by atoms with E-state index in [0.29, 0.717) is 31.0 Å². The number of nitrogens with one attached hydrogen (secondary N) is 1. The average Bonchev–Trinajstić information content (AvgIpc) is 3.34. The Labute approximate surface area is 147 Å². The van der Waals surface area contributed by atoms with Gasteiger partial charge in [-0.15, -0.1) is 0 Å². The summed E-state index contributed by atoms with van der Waals surface area (Å²) in [6.45, 7) is 2.63. The Morgan fingerprint density at radius 3 is 2.50 bits per heavy atom.